The minimum Gasteiger partial charge on any atom is -0.457 e. The Morgan fingerprint density at radius 3 is 2.26 bits per heavy atom. The third kappa shape index (κ3) is 8.18. The Bertz CT molecular complexity index is 1200. The maximum atomic E-state index is 13.2. The number of anilines is 1. The number of aldehydes is 2. The Morgan fingerprint density at radius 2 is 1.64 bits per heavy atom. The average Bonchev–Trinajstić information content (AvgIpc) is 3.04. The van der Waals surface area contributed by atoms with Crippen molar-refractivity contribution in [2.45, 2.75) is 57.4 Å². The van der Waals surface area contributed by atoms with Gasteiger partial charge in [0, 0.05) is 44.9 Å². The molecule has 2 fully saturated rings. The summed E-state index contributed by atoms with van der Waals surface area (Å²) in [6, 6.07) is 11.8. The van der Waals surface area contributed by atoms with E-state index >= 15 is 0 Å². The second-order valence-electron chi connectivity index (χ2n) is 11.5. The van der Waals surface area contributed by atoms with Crippen molar-refractivity contribution in [3.05, 3.63) is 53.6 Å². The molecule has 0 bridgehead atoms. The van der Waals surface area contributed by atoms with Gasteiger partial charge in [0.05, 0.1) is 5.56 Å². The van der Waals surface area contributed by atoms with Gasteiger partial charge in [0.25, 0.3) is 5.91 Å². The van der Waals surface area contributed by atoms with Crippen molar-refractivity contribution in [2.24, 2.45) is 11.8 Å². The highest BCUT2D eigenvalue weighted by Gasteiger charge is 2.28. The number of ether oxygens (including phenoxy) is 1. The predicted octanol–water partition coefficient (Wildman–Crippen LogP) is 4.45. The van der Waals surface area contributed by atoms with E-state index < -0.39 is 11.9 Å². The van der Waals surface area contributed by atoms with Crippen LogP contribution in [0, 0.1) is 11.8 Å². The average molecular weight is 577 g/mol. The third-order valence-corrected chi connectivity index (χ3v) is 8.77. The van der Waals surface area contributed by atoms with E-state index in [4.69, 9.17) is 4.74 Å². The molecule has 9 heteroatoms. The first-order valence-electron chi connectivity index (χ1n) is 15.2. The number of nitrogens with one attached hydrogen (secondary N) is 2. The first kappa shape index (κ1) is 31.2. The van der Waals surface area contributed by atoms with Crippen LogP contribution >= 0.6 is 0 Å². The van der Waals surface area contributed by atoms with Crippen molar-refractivity contribution in [1.82, 2.24) is 15.5 Å². The van der Waals surface area contributed by atoms with Crippen molar-refractivity contribution >= 4 is 30.1 Å². The zero-order valence-corrected chi connectivity index (χ0v) is 24.8. The molecule has 0 aliphatic carbocycles. The van der Waals surface area contributed by atoms with Gasteiger partial charge in [0.2, 0.25) is 5.91 Å². The van der Waals surface area contributed by atoms with E-state index in [0.717, 1.165) is 24.9 Å². The van der Waals surface area contributed by atoms with Crippen LogP contribution in [0.4, 0.5) is 5.69 Å². The van der Waals surface area contributed by atoms with E-state index in [-0.39, 0.29) is 29.9 Å². The van der Waals surface area contributed by atoms with Gasteiger partial charge in [-0.3, -0.25) is 14.4 Å². The van der Waals surface area contributed by atoms with E-state index in [1.165, 1.54) is 88.4 Å². The number of piperidine rings is 2. The highest BCUT2D eigenvalue weighted by Crippen LogP contribution is 2.31. The van der Waals surface area contributed by atoms with Gasteiger partial charge >= 0.3 is 0 Å². The van der Waals surface area contributed by atoms with Crippen LogP contribution in [0.25, 0.3) is 0 Å². The van der Waals surface area contributed by atoms with E-state index in [0.29, 0.717) is 24.1 Å². The van der Waals surface area contributed by atoms with Crippen LogP contribution < -0.4 is 20.3 Å². The molecule has 0 spiro atoms. The van der Waals surface area contributed by atoms with Crippen molar-refractivity contribution in [1.29, 1.82) is 0 Å². The molecule has 0 radical (unpaired) electrons. The lowest BCUT2D eigenvalue weighted by Crippen LogP contribution is -2.47. The minimum absolute atomic E-state index is 0.138. The topological polar surface area (TPSA) is 108 Å². The van der Waals surface area contributed by atoms with Crippen molar-refractivity contribution < 1.29 is 23.9 Å². The van der Waals surface area contributed by atoms with Gasteiger partial charge in [-0.15, -0.1) is 0 Å². The van der Waals surface area contributed by atoms with E-state index in [9.17, 15) is 19.2 Å². The van der Waals surface area contributed by atoms with Gasteiger partial charge in [0.15, 0.2) is 6.29 Å². The lowest BCUT2D eigenvalue weighted by Gasteiger charge is -2.34. The molecule has 0 saturated carbocycles. The minimum atomic E-state index is -0.827. The molecule has 42 heavy (non-hydrogen) atoms. The van der Waals surface area contributed by atoms with Crippen molar-refractivity contribution in [3.8, 4) is 11.5 Å². The molecular weight excluding hydrogens is 532 g/mol. The first-order valence-corrected chi connectivity index (χ1v) is 15.2. The summed E-state index contributed by atoms with van der Waals surface area (Å²) >= 11 is 0. The number of carbonyl (C=O) groups excluding carboxylic acids is 4. The fraction of sp³-hybridized carbons (Fsp3) is 0.515. The number of amides is 2. The fourth-order valence-corrected chi connectivity index (χ4v) is 6.10. The highest BCUT2D eigenvalue weighted by molar-refractivity contribution is 6.03. The van der Waals surface area contributed by atoms with Crippen molar-refractivity contribution in [3.63, 3.8) is 0 Å². The van der Waals surface area contributed by atoms with Crippen LogP contribution in [0.15, 0.2) is 42.5 Å². The number of nitrogens with zero attached hydrogens (tertiary/aromatic N) is 2. The Labute approximate surface area is 249 Å². The number of benzene rings is 2. The molecule has 9 nitrogen and oxygen atoms in total. The summed E-state index contributed by atoms with van der Waals surface area (Å²) < 4.78 is 6.01. The maximum Gasteiger partial charge on any atom is 0.255 e. The zero-order valence-electron chi connectivity index (χ0n) is 24.8. The van der Waals surface area contributed by atoms with Crippen molar-refractivity contribution in [2.75, 3.05) is 45.2 Å². The molecular formula is C33H44N4O5. The lowest BCUT2D eigenvalue weighted by molar-refractivity contribution is -0.125. The maximum absolute atomic E-state index is 13.2. The molecule has 2 N–H and O–H groups in total. The van der Waals surface area contributed by atoms with E-state index in [2.05, 4.69) is 27.7 Å². The van der Waals surface area contributed by atoms with Crippen LogP contribution in [0.3, 0.4) is 0 Å². The highest BCUT2D eigenvalue weighted by atomic mass is 16.5. The van der Waals surface area contributed by atoms with Gasteiger partial charge < -0.3 is 30.0 Å². The molecule has 1 unspecified atom stereocenters. The zero-order chi connectivity index (χ0) is 29.9. The smallest absolute Gasteiger partial charge is 0.255 e. The SMILES string of the molecule is CNC(=O)C(CCC=O)N(C)C(=O)c1ccc(Oc2ccc(N3CCC(CCC4CCNCC4)CC3)cc2)cc1C=O. The summed E-state index contributed by atoms with van der Waals surface area (Å²) in [6.07, 6.45) is 9.49. The molecule has 2 aliphatic heterocycles. The van der Waals surface area contributed by atoms with E-state index in [1.54, 1.807) is 6.07 Å². The normalized spacial score (nSPS) is 16.9. The molecule has 1 atom stereocenters. The molecule has 4 rings (SSSR count). The van der Waals surface area contributed by atoms with Gasteiger partial charge in [-0.2, -0.15) is 0 Å². The first-order chi connectivity index (χ1) is 20.4. The fourth-order valence-electron chi connectivity index (χ4n) is 6.10. The largest absolute Gasteiger partial charge is 0.457 e. The molecule has 2 saturated heterocycles. The molecule has 2 aromatic rings. The third-order valence-electron chi connectivity index (χ3n) is 8.77. The Hall–Kier alpha value is -3.72. The molecule has 2 aliphatic rings. The molecule has 0 aromatic heterocycles. The molecule has 2 aromatic carbocycles. The standard InChI is InChI=1S/C33H44N4O5/c1-34-32(40)31(4-3-21-38)36(2)33(41)30-12-11-29(22-26(30)23-39)42-28-9-7-27(8-10-28)37-19-15-25(16-20-37)6-5-24-13-17-35-18-14-24/h7-12,21-25,31,35H,3-6,13-20H2,1-2H3,(H,34,40). The second-order valence-corrected chi connectivity index (χ2v) is 11.5. The summed E-state index contributed by atoms with van der Waals surface area (Å²) in [5, 5.41) is 5.99. The van der Waals surface area contributed by atoms with Crippen LogP contribution in [-0.2, 0) is 9.59 Å². The molecule has 2 heterocycles. The summed E-state index contributed by atoms with van der Waals surface area (Å²) in [6.45, 7) is 4.49. The number of rotatable bonds is 13. The van der Waals surface area contributed by atoms with Gasteiger partial charge in [-0.25, -0.2) is 0 Å². The summed E-state index contributed by atoms with van der Waals surface area (Å²) in [5.41, 5.74) is 1.50. The number of hydrogen-bond donors (Lipinski definition) is 2. The van der Waals surface area contributed by atoms with Crippen LogP contribution in [0.2, 0.25) is 0 Å². The van der Waals surface area contributed by atoms with Gasteiger partial charge in [0.1, 0.15) is 23.8 Å². The van der Waals surface area contributed by atoms with Gasteiger partial charge in [-0.1, -0.05) is 12.8 Å². The Balaban J connectivity index is 1.32. The van der Waals surface area contributed by atoms with Gasteiger partial charge in [-0.05, 0) is 99.5 Å². The van der Waals surface area contributed by atoms with Crippen LogP contribution in [0.1, 0.15) is 72.1 Å². The quantitative estimate of drug-likeness (QED) is 0.339. The Morgan fingerprint density at radius 1 is 1.00 bits per heavy atom. The van der Waals surface area contributed by atoms with Crippen LogP contribution in [-0.4, -0.2) is 75.6 Å². The Kier molecular flexibility index (Phi) is 11.5. The molecule has 226 valence electrons. The predicted molar refractivity (Wildman–Crippen MR) is 163 cm³/mol. The monoisotopic (exact) mass is 576 g/mol. The summed E-state index contributed by atoms with van der Waals surface area (Å²) in [4.78, 5) is 51.9. The summed E-state index contributed by atoms with van der Waals surface area (Å²) in [5.74, 6) is 1.94. The van der Waals surface area contributed by atoms with E-state index in [1.807, 2.05) is 12.1 Å². The number of likely N-dealkylation sites (N-methyl/N-ethyl adjacent to an activating group) is 2. The second kappa shape index (κ2) is 15.5. The lowest BCUT2D eigenvalue weighted by atomic mass is 9.85. The van der Waals surface area contributed by atoms with Crippen LogP contribution in [0.5, 0.6) is 11.5 Å². The molecule has 2 amide bonds. The number of hydrogen-bond acceptors (Lipinski definition) is 7. The number of carbonyl (C=O) groups is 4. The summed E-state index contributed by atoms with van der Waals surface area (Å²) in [7, 11) is 2.97.